The van der Waals surface area contributed by atoms with Gasteiger partial charge in [0.2, 0.25) is 5.91 Å². The predicted molar refractivity (Wildman–Crippen MR) is 73.4 cm³/mol. The van der Waals surface area contributed by atoms with E-state index in [1.165, 1.54) is 0 Å². The van der Waals surface area contributed by atoms with E-state index >= 15 is 0 Å². The Balaban J connectivity index is 2.42. The molecular weight excluding hydrogens is 244 g/mol. The fourth-order valence-electron chi connectivity index (χ4n) is 2.37. The number of carbonyl (C=O) groups excluding carboxylic acids is 2. The lowest BCUT2D eigenvalue weighted by Crippen LogP contribution is -2.46. The minimum atomic E-state index is -0.449. The number of amides is 1. The zero-order chi connectivity index (χ0) is 14.6. The van der Waals surface area contributed by atoms with Crippen LogP contribution in [0.5, 0.6) is 0 Å². The van der Waals surface area contributed by atoms with E-state index in [4.69, 9.17) is 10.5 Å². The number of piperidine rings is 1. The summed E-state index contributed by atoms with van der Waals surface area (Å²) >= 11 is 0. The van der Waals surface area contributed by atoms with Crippen molar-refractivity contribution >= 4 is 11.9 Å². The van der Waals surface area contributed by atoms with E-state index < -0.39 is 5.60 Å². The molecule has 2 N–H and O–H groups in total. The Morgan fingerprint density at radius 2 is 1.84 bits per heavy atom. The highest BCUT2D eigenvalue weighted by molar-refractivity contribution is 5.75. The van der Waals surface area contributed by atoms with Gasteiger partial charge in [0, 0.05) is 6.42 Å². The van der Waals surface area contributed by atoms with E-state index in [9.17, 15) is 9.59 Å². The smallest absolute Gasteiger partial charge is 0.323 e. The van der Waals surface area contributed by atoms with Crippen LogP contribution in [0.2, 0.25) is 0 Å². The van der Waals surface area contributed by atoms with Gasteiger partial charge in [0.1, 0.15) is 11.6 Å². The Morgan fingerprint density at radius 3 is 2.26 bits per heavy atom. The average molecular weight is 270 g/mol. The number of likely N-dealkylation sites (tertiary alicyclic amines) is 1. The van der Waals surface area contributed by atoms with Crippen molar-refractivity contribution in [1.82, 2.24) is 4.90 Å². The molecular formula is C14H26N2O3. The summed E-state index contributed by atoms with van der Waals surface area (Å²) < 4.78 is 5.39. The topological polar surface area (TPSA) is 72.6 Å². The monoisotopic (exact) mass is 270 g/mol. The van der Waals surface area contributed by atoms with Crippen LogP contribution in [0, 0.1) is 5.92 Å². The van der Waals surface area contributed by atoms with Gasteiger partial charge in [-0.3, -0.25) is 14.5 Å². The lowest BCUT2D eigenvalue weighted by atomic mass is 9.92. The summed E-state index contributed by atoms with van der Waals surface area (Å²) in [4.78, 5) is 25.0. The first-order valence-electron chi connectivity index (χ1n) is 6.94. The van der Waals surface area contributed by atoms with Crippen LogP contribution in [0.15, 0.2) is 0 Å². The quantitative estimate of drug-likeness (QED) is 0.782. The van der Waals surface area contributed by atoms with Crippen LogP contribution in [0.25, 0.3) is 0 Å². The first-order chi connectivity index (χ1) is 8.69. The molecule has 5 heteroatoms. The van der Waals surface area contributed by atoms with Gasteiger partial charge >= 0.3 is 5.97 Å². The molecule has 1 fully saturated rings. The van der Waals surface area contributed by atoms with Crippen molar-refractivity contribution < 1.29 is 14.3 Å². The van der Waals surface area contributed by atoms with Gasteiger partial charge in [0.15, 0.2) is 0 Å². The largest absolute Gasteiger partial charge is 0.459 e. The standard InChI is InChI=1S/C14H26N2O3/c1-10(13(18)19-14(2,3)4)16-7-5-11(6-8-16)9-12(15)17/h10-11H,5-9H2,1-4H3,(H2,15,17). The molecule has 1 amide bonds. The van der Waals surface area contributed by atoms with Gasteiger partial charge in [0.25, 0.3) is 0 Å². The van der Waals surface area contributed by atoms with Crippen LogP contribution in [0.1, 0.15) is 47.0 Å². The van der Waals surface area contributed by atoms with E-state index in [0.29, 0.717) is 12.3 Å². The van der Waals surface area contributed by atoms with Crippen molar-refractivity contribution in [3.05, 3.63) is 0 Å². The van der Waals surface area contributed by atoms with Crippen LogP contribution < -0.4 is 5.73 Å². The molecule has 1 unspecified atom stereocenters. The van der Waals surface area contributed by atoms with Crippen LogP contribution in [0.4, 0.5) is 0 Å². The maximum absolute atomic E-state index is 12.0. The SMILES string of the molecule is CC(C(=O)OC(C)(C)C)N1CCC(CC(N)=O)CC1. The molecule has 0 saturated carbocycles. The summed E-state index contributed by atoms with van der Waals surface area (Å²) in [5.41, 5.74) is 4.76. The summed E-state index contributed by atoms with van der Waals surface area (Å²) in [6, 6.07) is -0.228. The molecule has 1 aliphatic rings. The summed E-state index contributed by atoms with van der Waals surface area (Å²) in [7, 11) is 0. The molecule has 0 aliphatic carbocycles. The zero-order valence-corrected chi connectivity index (χ0v) is 12.4. The Hall–Kier alpha value is -1.10. The van der Waals surface area contributed by atoms with Gasteiger partial charge in [-0.15, -0.1) is 0 Å². The van der Waals surface area contributed by atoms with Gasteiger partial charge in [-0.05, 0) is 59.5 Å². The van der Waals surface area contributed by atoms with Gasteiger partial charge in [-0.1, -0.05) is 0 Å². The highest BCUT2D eigenvalue weighted by Crippen LogP contribution is 2.22. The van der Waals surface area contributed by atoms with Crippen LogP contribution in [0.3, 0.4) is 0 Å². The zero-order valence-electron chi connectivity index (χ0n) is 12.4. The van der Waals surface area contributed by atoms with Gasteiger partial charge in [-0.2, -0.15) is 0 Å². The molecule has 0 aromatic heterocycles. The van der Waals surface area contributed by atoms with Crippen molar-refractivity contribution in [3.8, 4) is 0 Å². The van der Waals surface area contributed by atoms with E-state index in [1.807, 2.05) is 27.7 Å². The Kier molecular flexibility index (Phi) is 5.35. The van der Waals surface area contributed by atoms with Crippen molar-refractivity contribution in [2.75, 3.05) is 13.1 Å². The Labute approximate surface area is 115 Å². The lowest BCUT2D eigenvalue weighted by Gasteiger charge is -2.35. The summed E-state index contributed by atoms with van der Waals surface area (Å²) in [5, 5.41) is 0. The average Bonchev–Trinajstić information content (AvgIpc) is 2.26. The minimum absolute atomic E-state index is 0.180. The maximum atomic E-state index is 12.0. The second-order valence-electron chi connectivity index (χ2n) is 6.36. The first-order valence-corrected chi connectivity index (χ1v) is 6.94. The Morgan fingerprint density at radius 1 is 1.32 bits per heavy atom. The molecule has 1 saturated heterocycles. The number of hydrogen-bond acceptors (Lipinski definition) is 4. The van der Waals surface area contributed by atoms with Gasteiger partial charge < -0.3 is 10.5 Å². The molecule has 0 radical (unpaired) electrons. The third-order valence-corrected chi connectivity index (χ3v) is 3.43. The molecule has 0 aromatic carbocycles. The molecule has 19 heavy (non-hydrogen) atoms. The Bertz CT molecular complexity index is 328. The highest BCUT2D eigenvalue weighted by atomic mass is 16.6. The summed E-state index contributed by atoms with van der Waals surface area (Å²) in [6.07, 6.45) is 2.28. The molecule has 1 heterocycles. The van der Waals surface area contributed by atoms with Crippen LogP contribution >= 0.6 is 0 Å². The summed E-state index contributed by atoms with van der Waals surface area (Å²) in [5.74, 6) is -0.0564. The second kappa shape index (κ2) is 6.37. The molecule has 5 nitrogen and oxygen atoms in total. The summed E-state index contributed by atoms with van der Waals surface area (Å²) in [6.45, 7) is 9.13. The lowest BCUT2D eigenvalue weighted by molar-refractivity contribution is -0.161. The maximum Gasteiger partial charge on any atom is 0.323 e. The van der Waals surface area contributed by atoms with Crippen LogP contribution in [-0.2, 0) is 14.3 Å². The normalized spacial score (nSPS) is 20.0. The number of nitrogens with two attached hydrogens (primary N) is 1. The third-order valence-electron chi connectivity index (χ3n) is 3.43. The van der Waals surface area contributed by atoms with E-state index in [1.54, 1.807) is 0 Å². The fraction of sp³-hybridized carbons (Fsp3) is 0.857. The molecule has 1 rings (SSSR count). The number of esters is 1. The highest BCUT2D eigenvalue weighted by Gasteiger charge is 2.30. The third kappa shape index (κ3) is 5.59. The van der Waals surface area contributed by atoms with E-state index in [2.05, 4.69) is 4.90 Å². The van der Waals surface area contributed by atoms with Gasteiger partial charge in [-0.25, -0.2) is 0 Å². The fourth-order valence-corrected chi connectivity index (χ4v) is 2.37. The molecule has 0 aromatic rings. The van der Waals surface area contributed by atoms with Crippen molar-refractivity contribution in [3.63, 3.8) is 0 Å². The van der Waals surface area contributed by atoms with Crippen molar-refractivity contribution in [1.29, 1.82) is 0 Å². The number of primary amides is 1. The molecule has 0 spiro atoms. The van der Waals surface area contributed by atoms with E-state index in [0.717, 1.165) is 25.9 Å². The molecule has 1 aliphatic heterocycles. The minimum Gasteiger partial charge on any atom is -0.459 e. The number of nitrogens with zero attached hydrogens (tertiary/aromatic N) is 1. The molecule has 110 valence electrons. The predicted octanol–water partition coefficient (Wildman–Crippen LogP) is 1.30. The number of rotatable bonds is 4. The van der Waals surface area contributed by atoms with Crippen LogP contribution in [-0.4, -0.2) is 41.5 Å². The number of ether oxygens (including phenoxy) is 1. The second-order valence-corrected chi connectivity index (χ2v) is 6.36. The molecule has 1 atom stereocenters. The van der Waals surface area contributed by atoms with Crippen molar-refractivity contribution in [2.24, 2.45) is 11.7 Å². The van der Waals surface area contributed by atoms with Crippen molar-refractivity contribution in [2.45, 2.75) is 58.6 Å². The molecule has 0 bridgehead atoms. The number of hydrogen-bond donors (Lipinski definition) is 1. The number of carbonyl (C=O) groups is 2. The first kappa shape index (κ1) is 16.0. The van der Waals surface area contributed by atoms with E-state index in [-0.39, 0.29) is 17.9 Å². The van der Waals surface area contributed by atoms with Gasteiger partial charge in [0.05, 0.1) is 0 Å².